The third-order valence-electron chi connectivity index (χ3n) is 4.76. The molecule has 6 heteroatoms. The van der Waals surface area contributed by atoms with Crippen molar-refractivity contribution in [1.82, 2.24) is 9.80 Å². The van der Waals surface area contributed by atoms with Gasteiger partial charge in [0.1, 0.15) is 5.82 Å². The Morgan fingerprint density at radius 1 is 0.963 bits per heavy atom. The molecule has 2 amide bonds. The van der Waals surface area contributed by atoms with Crippen LogP contribution in [0.4, 0.5) is 10.1 Å². The number of rotatable bonds is 5. The number of nitrogens with one attached hydrogen (secondary N) is 1. The molecule has 1 saturated heterocycles. The van der Waals surface area contributed by atoms with E-state index in [9.17, 15) is 14.0 Å². The molecule has 2 aromatic rings. The maximum Gasteiger partial charge on any atom is 0.253 e. The second-order valence-electron chi connectivity index (χ2n) is 6.67. The number of nitrogens with zero attached hydrogens (tertiary/aromatic N) is 2. The molecule has 0 saturated carbocycles. The van der Waals surface area contributed by atoms with E-state index in [1.54, 1.807) is 4.90 Å². The fourth-order valence-corrected chi connectivity index (χ4v) is 3.11. The molecule has 1 N–H and O–H groups in total. The Kier molecular flexibility index (Phi) is 6.19. The van der Waals surface area contributed by atoms with Gasteiger partial charge in [-0.2, -0.15) is 0 Å². The van der Waals surface area contributed by atoms with Crippen molar-refractivity contribution in [3.8, 4) is 0 Å². The van der Waals surface area contributed by atoms with Gasteiger partial charge in [-0.15, -0.1) is 0 Å². The van der Waals surface area contributed by atoms with E-state index in [-0.39, 0.29) is 17.6 Å². The zero-order valence-corrected chi connectivity index (χ0v) is 15.5. The summed E-state index contributed by atoms with van der Waals surface area (Å²) in [5.74, 6) is -0.514. The van der Waals surface area contributed by atoms with Gasteiger partial charge in [-0.25, -0.2) is 4.39 Å². The normalized spacial score (nSPS) is 14.8. The lowest BCUT2D eigenvalue weighted by molar-refractivity contribution is -0.117. The Bertz CT molecular complexity index is 782. The molecule has 3 rings (SSSR count). The highest BCUT2D eigenvalue weighted by Gasteiger charge is 2.23. The number of benzene rings is 2. The molecular weight excluding hydrogens is 345 g/mol. The number of aryl methyl sites for hydroxylation is 1. The zero-order valence-electron chi connectivity index (χ0n) is 15.5. The first-order valence-corrected chi connectivity index (χ1v) is 9.21. The minimum atomic E-state index is -0.355. The molecule has 0 aromatic heterocycles. The summed E-state index contributed by atoms with van der Waals surface area (Å²) in [7, 11) is 0. The molecule has 27 heavy (non-hydrogen) atoms. The number of anilines is 1. The molecule has 2 aromatic carbocycles. The van der Waals surface area contributed by atoms with Gasteiger partial charge in [0, 0.05) is 37.4 Å². The number of piperazine rings is 1. The van der Waals surface area contributed by atoms with E-state index in [1.807, 2.05) is 29.2 Å². The van der Waals surface area contributed by atoms with E-state index >= 15 is 0 Å². The van der Waals surface area contributed by atoms with Crippen LogP contribution in [0.15, 0.2) is 48.5 Å². The third-order valence-corrected chi connectivity index (χ3v) is 4.76. The molecule has 0 unspecified atom stereocenters. The van der Waals surface area contributed by atoms with Gasteiger partial charge in [-0.3, -0.25) is 14.5 Å². The third kappa shape index (κ3) is 5.14. The number of halogens is 1. The minimum absolute atomic E-state index is 0.0578. The molecule has 5 nitrogen and oxygen atoms in total. The highest BCUT2D eigenvalue weighted by molar-refractivity contribution is 5.94. The molecule has 0 spiro atoms. The molecule has 0 bridgehead atoms. The molecule has 1 heterocycles. The summed E-state index contributed by atoms with van der Waals surface area (Å²) in [5, 5.41) is 2.91. The fourth-order valence-electron chi connectivity index (χ4n) is 3.11. The van der Waals surface area contributed by atoms with E-state index < -0.39 is 0 Å². The summed E-state index contributed by atoms with van der Waals surface area (Å²) >= 11 is 0. The molecule has 1 fully saturated rings. The largest absolute Gasteiger partial charge is 0.336 e. The Balaban J connectivity index is 1.46. The van der Waals surface area contributed by atoms with Crippen molar-refractivity contribution in [2.24, 2.45) is 0 Å². The van der Waals surface area contributed by atoms with Gasteiger partial charge in [0.05, 0.1) is 6.54 Å². The first kappa shape index (κ1) is 19.0. The van der Waals surface area contributed by atoms with Crippen LogP contribution in [-0.2, 0) is 11.2 Å². The summed E-state index contributed by atoms with van der Waals surface area (Å²) < 4.78 is 13.0. The molecule has 0 radical (unpaired) electrons. The Labute approximate surface area is 158 Å². The average molecular weight is 369 g/mol. The minimum Gasteiger partial charge on any atom is -0.336 e. The molecule has 142 valence electrons. The number of hydrogen-bond acceptors (Lipinski definition) is 3. The Hall–Kier alpha value is -2.73. The van der Waals surface area contributed by atoms with Crippen LogP contribution in [0.2, 0.25) is 0 Å². The van der Waals surface area contributed by atoms with E-state index in [2.05, 4.69) is 12.2 Å². The van der Waals surface area contributed by atoms with Crippen molar-refractivity contribution in [2.75, 3.05) is 38.0 Å². The maximum absolute atomic E-state index is 13.0. The van der Waals surface area contributed by atoms with Crippen molar-refractivity contribution in [1.29, 1.82) is 0 Å². The number of carbonyl (C=O) groups is 2. The van der Waals surface area contributed by atoms with E-state index in [1.165, 1.54) is 29.8 Å². The topological polar surface area (TPSA) is 52.7 Å². The molecule has 1 aliphatic rings. The predicted molar refractivity (Wildman–Crippen MR) is 103 cm³/mol. The second-order valence-corrected chi connectivity index (χ2v) is 6.67. The van der Waals surface area contributed by atoms with Gasteiger partial charge in [-0.1, -0.05) is 19.1 Å². The Morgan fingerprint density at radius 3 is 2.19 bits per heavy atom. The summed E-state index contributed by atoms with van der Waals surface area (Å²) in [5.41, 5.74) is 2.51. The standard InChI is InChI=1S/C21H24FN3O2/c1-2-16-3-9-19(10-4-16)23-20(26)15-24-11-13-25(14-12-24)21(27)17-5-7-18(22)8-6-17/h3-10H,2,11-15H2,1H3,(H,23,26). The Morgan fingerprint density at radius 2 is 1.59 bits per heavy atom. The van der Waals surface area contributed by atoms with Crippen LogP contribution in [0.3, 0.4) is 0 Å². The van der Waals surface area contributed by atoms with Crippen LogP contribution in [-0.4, -0.2) is 54.3 Å². The second kappa shape index (κ2) is 8.77. The van der Waals surface area contributed by atoms with Gasteiger partial charge >= 0.3 is 0 Å². The van der Waals surface area contributed by atoms with Crippen molar-refractivity contribution in [3.63, 3.8) is 0 Å². The van der Waals surface area contributed by atoms with E-state index in [0.717, 1.165) is 12.1 Å². The monoisotopic (exact) mass is 369 g/mol. The van der Waals surface area contributed by atoms with E-state index in [4.69, 9.17) is 0 Å². The number of hydrogen-bond donors (Lipinski definition) is 1. The van der Waals surface area contributed by atoms with Crippen LogP contribution >= 0.6 is 0 Å². The lowest BCUT2D eigenvalue weighted by Gasteiger charge is -2.34. The van der Waals surface area contributed by atoms with Gasteiger partial charge in [-0.05, 0) is 48.4 Å². The van der Waals surface area contributed by atoms with Crippen molar-refractivity contribution in [2.45, 2.75) is 13.3 Å². The predicted octanol–water partition coefficient (Wildman–Crippen LogP) is 2.78. The lowest BCUT2D eigenvalue weighted by atomic mass is 10.1. The lowest BCUT2D eigenvalue weighted by Crippen LogP contribution is -2.50. The fraction of sp³-hybridized carbons (Fsp3) is 0.333. The molecule has 0 atom stereocenters. The van der Waals surface area contributed by atoms with Crippen LogP contribution in [0.25, 0.3) is 0 Å². The molecule has 1 aliphatic heterocycles. The van der Waals surface area contributed by atoms with Gasteiger partial charge in [0.15, 0.2) is 0 Å². The van der Waals surface area contributed by atoms with Gasteiger partial charge in [0.25, 0.3) is 5.91 Å². The average Bonchev–Trinajstić information content (AvgIpc) is 2.69. The number of amides is 2. The molecular formula is C21H24FN3O2. The van der Waals surface area contributed by atoms with Gasteiger partial charge in [0.2, 0.25) is 5.91 Å². The summed E-state index contributed by atoms with van der Waals surface area (Å²) in [6.45, 7) is 4.76. The number of carbonyl (C=O) groups excluding carboxylic acids is 2. The highest BCUT2D eigenvalue weighted by Crippen LogP contribution is 2.12. The van der Waals surface area contributed by atoms with Gasteiger partial charge < -0.3 is 10.2 Å². The quantitative estimate of drug-likeness (QED) is 0.882. The molecule has 0 aliphatic carbocycles. The van der Waals surface area contributed by atoms with Crippen molar-refractivity contribution >= 4 is 17.5 Å². The van der Waals surface area contributed by atoms with Crippen LogP contribution in [0, 0.1) is 5.82 Å². The van der Waals surface area contributed by atoms with Crippen LogP contribution in [0.1, 0.15) is 22.8 Å². The SMILES string of the molecule is CCc1ccc(NC(=O)CN2CCN(C(=O)c3ccc(F)cc3)CC2)cc1. The smallest absolute Gasteiger partial charge is 0.253 e. The first-order valence-electron chi connectivity index (χ1n) is 9.21. The first-order chi connectivity index (χ1) is 13.0. The zero-order chi connectivity index (χ0) is 19.2. The summed E-state index contributed by atoms with van der Waals surface area (Å²) in [6.07, 6.45) is 0.967. The van der Waals surface area contributed by atoms with Crippen molar-refractivity contribution < 1.29 is 14.0 Å². The van der Waals surface area contributed by atoms with Crippen LogP contribution < -0.4 is 5.32 Å². The maximum atomic E-state index is 13.0. The van der Waals surface area contributed by atoms with Crippen molar-refractivity contribution in [3.05, 3.63) is 65.5 Å². The van der Waals surface area contributed by atoms with Crippen LogP contribution in [0.5, 0.6) is 0 Å². The highest BCUT2D eigenvalue weighted by atomic mass is 19.1. The van der Waals surface area contributed by atoms with E-state index in [0.29, 0.717) is 38.3 Å². The summed E-state index contributed by atoms with van der Waals surface area (Å²) in [6, 6.07) is 13.4. The summed E-state index contributed by atoms with van der Waals surface area (Å²) in [4.78, 5) is 28.4.